The first-order chi connectivity index (χ1) is 10.1. The van der Waals surface area contributed by atoms with E-state index in [1.54, 1.807) is 6.92 Å². The van der Waals surface area contributed by atoms with E-state index < -0.39 is 6.10 Å². The second-order valence-corrected chi connectivity index (χ2v) is 6.40. The minimum atomic E-state index is -0.565. The molecule has 2 unspecified atom stereocenters. The number of fused-ring (bicyclic) bond motifs is 1. The van der Waals surface area contributed by atoms with Gasteiger partial charge in [0.15, 0.2) is 0 Å². The fourth-order valence-electron chi connectivity index (χ4n) is 3.68. The first-order valence-corrected chi connectivity index (χ1v) is 8.03. The van der Waals surface area contributed by atoms with Gasteiger partial charge in [-0.25, -0.2) is 4.98 Å². The van der Waals surface area contributed by atoms with Crippen LogP contribution in [0.4, 0.5) is 5.69 Å². The summed E-state index contributed by atoms with van der Waals surface area (Å²) in [5.41, 5.74) is 8.55. The van der Waals surface area contributed by atoms with Gasteiger partial charge in [0.25, 0.3) is 0 Å². The number of nitrogen functional groups attached to an aromatic ring is 1. The van der Waals surface area contributed by atoms with Gasteiger partial charge in [0.2, 0.25) is 0 Å². The third-order valence-electron chi connectivity index (χ3n) is 4.85. The van der Waals surface area contributed by atoms with E-state index in [2.05, 4.69) is 16.5 Å². The van der Waals surface area contributed by atoms with Crippen molar-refractivity contribution in [3.63, 3.8) is 0 Å². The van der Waals surface area contributed by atoms with E-state index in [1.165, 1.54) is 32.1 Å². The first-order valence-electron chi connectivity index (χ1n) is 8.03. The Morgan fingerprint density at radius 2 is 1.95 bits per heavy atom. The molecule has 0 spiro atoms. The van der Waals surface area contributed by atoms with Crippen LogP contribution in [0.3, 0.4) is 0 Å². The number of anilines is 1. The summed E-state index contributed by atoms with van der Waals surface area (Å²) in [4.78, 5) is 4.62. The number of imidazole rings is 1. The van der Waals surface area contributed by atoms with Gasteiger partial charge in [-0.1, -0.05) is 19.3 Å². The maximum absolute atomic E-state index is 10.1. The van der Waals surface area contributed by atoms with Crippen LogP contribution in [-0.4, -0.2) is 14.7 Å². The Bertz CT molecular complexity index is 626. The second kappa shape index (κ2) is 5.68. The van der Waals surface area contributed by atoms with Crippen molar-refractivity contribution in [2.24, 2.45) is 5.92 Å². The Hall–Kier alpha value is -1.55. The molecule has 2 aromatic rings. The molecule has 1 aromatic carbocycles. The summed E-state index contributed by atoms with van der Waals surface area (Å²) in [5, 5.41) is 10.1. The predicted molar refractivity (Wildman–Crippen MR) is 86.1 cm³/mol. The fraction of sp³-hybridized carbons (Fsp3) is 0.588. The Kier molecular flexibility index (Phi) is 3.89. The molecule has 4 nitrogen and oxygen atoms in total. The number of benzene rings is 1. The van der Waals surface area contributed by atoms with E-state index >= 15 is 0 Å². The van der Waals surface area contributed by atoms with Crippen LogP contribution in [0.15, 0.2) is 18.2 Å². The number of nitrogens with zero attached hydrogens (tertiary/aromatic N) is 2. The highest BCUT2D eigenvalue weighted by atomic mass is 16.3. The Morgan fingerprint density at radius 1 is 1.24 bits per heavy atom. The average Bonchev–Trinajstić information content (AvgIpc) is 2.86. The third kappa shape index (κ3) is 2.64. The molecule has 0 bridgehead atoms. The van der Waals surface area contributed by atoms with Crippen LogP contribution in [0.2, 0.25) is 0 Å². The van der Waals surface area contributed by atoms with Crippen LogP contribution in [0.1, 0.15) is 63.9 Å². The van der Waals surface area contributed by atoms with Crippen molar-refractivity contribution in [3.8, 4) is 0 Å². The van der Waals surface area contributed by atoms with Crippen molar-refractivity contribution in [2.75, 3.05) is 5.73 Å². The topological polar surface area (TPSA) is 64.1 Å². The lowest BCUT2D eigenvalue weighted by Crippen LogP contribution is -2.21. The van der Waals surface area contributed by atoms with E-state index in [0.29, 0.717) is 12.0 Å². The highest BCUT2D eigenvalue weighted by Gasteiger charge is 2.26. The molecule has 0 amide bonds. The lowest BCUT2D eigenvalue weighted by atomic mass is 9.84. The van der Waals surface area contributed by atoms with Gasteiger partial charge in [-0.2, -0.15) is 0 Å². The lowest BCUT2D eigenvalue weighted by molar-refractivity contribution is 0.173. The molecule has 1 heterocycles. The van der Waals surface area contributed by atoms with Gasteiger partial charge >= 0.3 is 0 Å². The van der Waals surface area contributed by atoms with Crippen LogP contribution >= 0.6 is 0 Å². The summed E-state index contributed by atoms with van der Waals surface area (Å²) in [5.74, 6) is 1.43. The van der Waals surface area contributed by atoms with Crippen LogP contribution in [0, 0.1) is 5.92 Å². The van der Waals surface area contributed by atoms with E-state index in [0.717, 1.165) is 22.5 Å². The van der Waals surface area contributed by atoms with Crippen LogP contribution in [0.25, 0.3) is 11.0 Å². The van der Waals surface area contributed by atoms with Crippen molar-refractivity contribution in [2.45, 2.75) is 58.1 Å². The summed E-state index contributed by atoms with van der Waals surface area (Å²) < 4.78 is 2.23. The molecule has 1 fully saturated rings. The third-order valence-corrected chi connectivity index (χ3v) is 4.85. The van der Waals surface area contributed by atoms with Gasteiger partial charge < -0.3 is 15.4 Å². The molecule has 0 radical (unpaired) electrons. The van der Waals surface area contributed by atoms with Crippen molar-refractivity contribution in [3.05, 3.63) is 24.0 Å². The summed E-state index contributed by atoms with van der Waals surface area (Å²) in [7, 11) is 0. The highest BCUT2D eigenvalue weighted by Crippen LogP contribution is 2.36. The number of hydrogen-bond acceptors (Lipinski definition) is 3. The van der Waals surface area contributed by atoms with Crippen molar-refractivity contribution >= 4 is 16.7 Å². The smallest absolute Gasteiger partial charge is 0.138 e. The zero-order chi connectivity index (χ0) is 15.0. The minimum absolute atomic E-state index is 0.364. The molecule has 1 aromatic heterocycles. The molecule has 3 N–H and O–H groups in total. The molecule has 3 rings (SSSR count). The molecular formula is C17H25N3O. The molecule has 1 aliphatic rings. The van der Waals surface area contributed by atoms with Gasteiger partial charge in [-0.05, 0) is 50.8 Å². The average molecular weight is 287 g/mol. The van der Waals surface area contributed by atoms with Crippen LogP contribution in [-0.2, 0) is 0 Å². The summed E-state index contributed by atoms with van der Waals surface area (Å²) in [6.07, 6.45) is 5.97. The van der Waals surface area contributed by atoms with Gasteiger partial charge in [0.05, 0.1) is 11.0 Å². The lowest BCUT2D eigenvalue weighted by Gasteiger charge is -2.30. The Morgan fingerprint density at radius 3 is 2.62 bits per heavy atom. The van der Waals surface area contributed by atoms with Crippen molar-refractivity contribution in [1.82, 2.24) is 9.55 Å². The number of aliphatic hydroxyl groups is 1. The quantitative estimate of drug-likeness (QED) is 0.844. The number of rotatable bonds is 3. The van der Waals surface area contributed by atoms with Crippen LogP contribution < -0.4 is 5.73 Å². The minimum Gasteiger partial charge on any atom is -0.399 e. The van der Waals surface area contributed by atoms with Crippen LogP contribution in [0.5, 0.6) is 0 Å². The SMILES string of the molecule is CC(O)c1nc2cc(N)ccc2n1C(C)C1CCCCC1. The van der Waals surface area contributed by atoms with Gasteiger partial charge in [0.1, 0.15) is 11.9 Å². The summed E-state index contributed by atoms with van der Waals surface area (Å²) in [6.45, 7) is 4.05. The zero-order valence-electron chi connectivity index (χ0n) is 12.9. The summed E-state index contributed by atoms with van der Waals surface area (Å²) in [6, 6.07) is 6.21. The number of aromatic nitrogens is 2. The summed E-state index contributed by atoms with van der Waals surface area (Å²) >= 11 is 0. The van der Waals surface area contributed by atoms with E-state index in [-0.39, 0.29) is 0 Å². The monoisotopic (exact) mass is 287 g/mol. The molecule has 1 aliphatic carbocycles. The van der Waals surface area contributed by atoms with Gasteiger partial charge in [-0.3, -0.25) is 0 Å². The molecule has 1 saturated carbocycles. The number of nitrogens with two attached hydrogens (primary N) is 1. The van der Waals surface area contributed by atoms with Gasteiger partial charge in [0, 0.05) is 11.7 Å². The molecule has 4 heteroatoms. The Balaban J connectivity index is 2.07. The molecule has 21 heavy (non-hydrogen) atoms. The predicted octanol–water partition coefficient (Wildman–Crippen LogP) is 3.81. The molecule has 0 saturated heterocycles. The van der Waals surface area contributed by atoms with Crippen molar-refractivity contribution in [1.29, 1.82) is 0 Å². The van der Waals surface area contributed by atoms with Gasteiger partial charge in [-0.15, -0.1) is 0 Å². The molecular weight excluding hydrogens is 262 g/mol. The maximum atomic E-state index is 10.1. The number of aliphatic hydroxyl groups excluding tert-OH is 1. The molecule has 2 atom stereocenters. The van der Waals surface area contributed by atoms with E-state index in [4.69, 9.17) is 5.73 Å². The zero-order valence-corrected chi connectivity index (χ0v) is 12.9. The number of hydrogen-bond donors (Lipinski definition) is 2. The standard InChI is InChI=1S/C17H25N3O/c1-11(13-6-4-3-5-7-13)20-16-9-8-14(18)10-15(16)19-17(20)12(2)21/h8-13,21H,3-7,18H2,1-2H3. The highest BCUT2D eigenvalue weighted by molar-refractivity contribution is 5.80. The largest absolute Gasteiger partial charge is 0.399 e. The maximum Gasteiger partial charge on any atom is 0.138 e. The normalized spacial score (nSPS) is 19.8. The van der Waals surface area contributed by atoms with E-state index in [1.807, 2.05) is 18.2 Å². The van der Waals surface area contributed by atoms with Crippen molar-refractivity contribution < 1.29 is 5.11 Å². The molecule has 0 aliphatic heterocycles. The molecule has 114 valence electrons. The Labute approximate surface area is 126 Å². The second-order valence-electron chi connectivity index (χ2n) is 6.40. The fourth-order valence-corrected chi connectivity index (χ4v) is 3.68. The van der Waals surface area contributed by atoms with E-state index in [9.17, 15) is 5.11 Å². The first kappa shape index (κ1) is 14.4.